The average molecular weight is 255 g/mol. The van der Waals surface area contributed by atoms with E-state index in [1.54, 1.807) is 11.9 Å². The molecule has 18 heavy (non-hydrogen) atoms. The van der Waals surface area contributed by atoms with Gasteiger partial charge in [-0.25, -0.2) is 4.79 Å². The molecule has 106 valence electrons. The zero-order valence-electron chi connectivity index (χ0n) is 12.9. The van der Waals surface area contributed by atoms with Crippen molar-refractivity contribution < 1.29 is 9.53 Å². The Morgan fingerprint density at radius 1 is 1.22 bits per heavy atom. The molecule has 3 nitrogen and oxygen atoms in total. The van der Waals surface area contributed by atoms with Gasteiger partial charge in [0.1, 0.15) is 5.60 Å². The van der Waals surface area contributed by atoms with Crippen LogP contribution < -0.4 is 0 Å². The number of carbonyl (C=O) groups is 1. The van der Waals surface area contributed by atoms with Gasteiger partial charge < -0.3 is 9.64 Å². The first-order chi connectivity index (χ1) is 8.07. The standard InChI is InChI=1S/C15H29NO2/c1-8-9-10-15(5,6)11-12-16(7)13(17)18-14(2,3)4/h8H,1,9-12H2,2-7H3. The molecule has 0 radical (unpaired) electrons. The third-order valence-corrected chi connectivity index (χ3v) is 2.85. The van der Waals surface area contributed by atoms with Gasteiger partial charge in [-0.1, -0.05) is 19.9 Å². The lowest BCUT2D eigenvalue weighted by Crippen LogP contribution is -2.36. The van der Waals surface area contributed by atoms with Crippen LogP contribution >= 0.6 is 0 Å². The predicted octanol–water partition coefficient (Wildman–Crippen LogP) is 4.24. The van der Waals surface area contributed by atoms with Gasteiger partial charge in [0.2, 0.25) is 0 Å². The van der Waals surface area contributed by atoms with Crippen LogP contribution in [0.5, 0.6) is 0 Å². The second-order valence-electron chi connectivity index (χ2n) is 6.64. The molecular weight excluding hydrogens is 226 g/mol. The van der Waals surface area contributed by atoms with Gasteiger partial charge >= 0.3 is 6.09 Å². The number of rotatable bonds is 6. The van der Waals surface area contributed by atoms with E-state index in [4.69, 9.17) is 4.74 Å². The van der Waals surface area contributed by atoms with Crippen LogP contribution in [-0.4, -0.2) is 30.2 Å². The first kappa shape index (κ1) is 17.0. The highest BCUT2D eigenvalue weighted by atomic mass is 16.6. The maximum absolute atomic E-state index is 11.8. The molecule has 1 amide bonds. The topological polar surface area (TPSA) is 29.5 Å². The SMILES string of the molecule is C=CCCC(C)(C)CCN(C)C(=O)OC(C)(C)C. The van der Waals surface area contributed by atoms with Crippen LogP contribution in [0.15, 0.2) is 12.7 Å². The summed E-state index contributed by atoms with van der Waals surface area (Å²) in [7, 11) is 1.79. The fourth-order valence-corrected chi connectivity index (χ4v) is 1.52. The van der Waals surface area contributed by atoms with E-state index in [1.807, 2.05) is 26.8 Å². The number of hydrogen-bond acceptors (Lipinski definition) is 2. The van der Waals surface area contributed by atoms with E-state index in [2.05, 4.69) is 20.4 Å². The van der Waals surface area contributed by atoms with Crippen LogP contribution in [-0.2, 0) is 4.74 Å². The molecule has 0 heterocycles. The predicted molar refractivity (Wildman–Crippen MR) is 76.7 cm³/mol. The summed E-state index contributed by atoms with van der Waals surface area (Å²) in [6, 6.07) is 0. The molecule has 0 rings (SSSR count). The van der Waals surface area contributed by atoms with Crippen molar-refractivity contribution in [1.82, 2.24) is 4.90 Å². The molecule has 0 aliphatic rings. The average Bonchev–Trinajstić information content (AvgIpc) is 2.21. The lowest BCUT2D eigenvalue weighted by Gasteiger charge is -2.29. The lowest BCUT2D eigenvalue weighted by molar-refractivity contribution is 0.0280. The third kappa shape index (κ3) is 8.15. The minimum absolute atomic E-state index is 0.227. The van der Waals surface area contributed by atoms with Crippen LogP contribution in [0.1, 0.15) is 53.9 Å². The number of carbonyl (C=O) groups excluding carboxylic acids is 1. The van der Waals surface area contributed by atoms with E-state index in [9.17, 15) is 4.79 Å². The summed E-state index contributed by atoms with van der Waals surface area (Å²) in [6.07, 6.45) is 4.78. The molecule has 0 saturated heterocycles. The Balaban J connectivity index is 4.12. The fourth-order valence-electron chi connectivity index (χ4n) is 1.52. The molecule has 0 aromatic rings. The highest BCUT2D eigenvalue weighted by Gasteiger charge is 2.22. The summed E-state index contributed by atoms with van der Waals surface area (Å²) in [5.74, 6) is 0. The quantitative estimate of drug-likeness (QED) is 0.664. The van der Waals surface area contributed by atoms with E-state index in [0.717, 1.165) is 25.8 Å². The second kappa shape index (κ2) is 6.81. The van der Waals surface area contributed by atoms with E-state index >= 15 is 0 Å². The first-order valence-corrected chi connectivity index (χ1v) is 6.62. The monoisotopic (exact) mass is 255 g/mol. The minimum Gasteiger partial charge on any atom is -0.444 e. The van der Waals surface area contributed by atoms with Gasteiger partial charge in [-0.15, -0.1) is 6.58 Å². The van der Waals surface area contributed by atoms with E-state index in [1.165, 1.54) is 0 Å². The highest BCUT2D eigenvalue weighted by molar-refractivity contribution is 5.67. The minimum atomic E-state index is -0.427. The van der Waals surface area contributed by atoms with Crippen LogP contribution in [0.4, 0.5) is 4.79 Å². The summed E-state index contributed by atoms with van der Waals surface area (Å²) in [5.41, 5.74) is -0.200. The fraction of sp³-hybridized carbons (Fsp3) is 0.800. The van der Waals surface area contributed by atoms with Gasteiger partial charge in [0, 0.05) is 13.6 Å². The maximum Gasteiger partial charge on any atom is 0.410 e. The number of nitrogens with zero attached hydrogens (tertiary/aromatic N) is 1. The van der Waals surface area contributed by atoms with Crippen LogP contribution in [0.2, 0.25) is 0 Å². The Bertz CT molecular complexity index is 277. The van der Waals surface area contributed by atoms with Crippen LogP contribution in [0.25, 0.3) is 0 Å². The Kier molecular flexibility index (Phi) is 6.44. The normalized spacial score (nSPS) is 12.1. The summed E-state index contributed by atoms with van der Waals surface area (Å²) in [6.45, 7) is 14.6. The Labute approximate surface area is 112 Å². The second-order valence-corrected chi connectivity index (χ2v) is 6.64. The van der Waals surface area contributed by atoms with Gasteiger partial charge in [0.25, 0.3) is 0 Å². The molecule has 0 aromatic heterocycles. The zero-order valence-corrected chi connectivity index (χ0v) is 12.9. The molecule has 0 N–H and O–H groups in total. The molecule has 0 atom stereocenters. The van der Waals surface area contributed by atoms with Gasteiger partial charge in [-0.3, -0.25) is 0 Å². The van der Waals surface area contributed by atoms with Crippen molar-refractivity contribution >= 4 is 6.09 Å². The van der Waals surface area contributed by atoms with Crippen molar-refractivity contribution in [2.45, 2.75) is 59.5 Å². The summed E-state index contributed by atoms with van der Waals surface area (Å²) >= 11 is 0. The number of amides is 1. The maximum atomic E-state index is 11.8. The molecule has 0 aliphatic heterocycles. The highest BCUT2D eigenvalue weighted by Crippen LogP contribution is 2.27. The summed E-state index contributed by atoms with van der Waals surface area (Å²) in [5, 5.41) is 0. The Morgan fingerprint density at radius 3 is 2.22 bits per heavy atom. The van der Waals surface area contributed by atoms with Crippen molar-refractivity contribution in [3.63, 3.8) is 0 Å². The molecule has 0 bridgehead atoms. The molecule has 0 aromatic carbocycles. The largest absolute Gasteiger partial charge is 0.444 e. The van der Waals surface area contributed by atoms with Crippen LogP contribution in [0.3, 0.4) is 0 Å². The van der Waals surface area contributed by atoms with Crippen LogP contribution in [0, 0.1) is 5.41 Å². The first-order valence-electron chi connectivity index (χ1n) is 6.62. The van der Waals surface area contributed by atoms with Gasteiger partial charge in [-0.2, -0.15) is 0 Å². The Morgan fingerprint density at radius 2 is 1.78 bits per heavy atom. The molecule has 0 saturated carbocycles. The molecular formula is C15H29NO2. The lowest BCUT2D eigenvalue weighted by atomic mass is 9.84. The van der Waals surface area contributed by atoms with Gasteiger partial charge in [0.05, 0.1) is 0 Å². The van der Waals surface area contributed by atoms with Crippen molar-refractivity contribution in [3.05, 3.63) is 12.7 Å². The van der Waals surface area contributed by atoms with Gasteiger partial charge in [-0.05, 0) is 45.4 Å². The zero-order chi connectivity index (χ0) is 14.4. The number of allylic oxidation sites excluding steroid dienone is 1. The van der Waals surface area contributed by atoms with Crippen molar-refractivity contribution in [2.24, 2.45) is 5.41 Å². The number of ether oxygens (including phenoxy) is 1. The molecule has 0 fully saturated rings. The summed E-state index contributed by atoms with van der Waals surface area (Å²) in [4.78, 5) is 13.4. The van der Waals surface area contributed by atoms with E-state index in [-0.39, 0.29) is 11.5 Å². The Hall–Kier alpha value is -0.990. The van der Waals surface area contributed by atoms with Crippen molar-refractivity contribution in [1.29, 1.82) is 0 Å². The summed E-state index contributed by atoms with van der Waals surface area (Å²) < 4.78 is 5.32. The molecule has 0 aliphatic carbocycles. The smallest absolute Gasteiger partial charge is 0.410 e. The third-order valence-electron chi connectivity index (χ3n) is 2.85. The van der Waals surface area contributed by atoms with Gasteiger partial charge in [0.15, 0.2) is 0 Å². The molecule has 0 spiro atoms. The van der Waals surface area contributed by atoms with E-state index < -0.39 is 5.60 Å². The van der Waals surface area contributed by atoms with Crippen molar-refractivity contribution in [2.75, 3.05) is 13.6 Å². The van der Waals surface area contributed by atoms with Crippen molar-refractivity contribution in [3.8, 4) is 0 Å². The molecule has 0 unspecified atom stereocenters. The number of hydrogen-bond donors (Lipinski definition) is 0. The molecule has 3 heteroatoms. The van der Waals surface area contributed by atoms with E-state index in [0.29, 0.717) is 0 Å².